The van der Waals surface area contributed by atoms with Crippen molar-refractivity contribution in [3.63, 3.8) is 0 Å². The lowest BCUT2D eigenvalue weighted by molar-refractivity contribution is -0.0758. The van der Waals surface area contributed by atoms with Crippen molar-refractivity contribution < 1.29 is 9.84 Å². The van der Waals surface area contributed by atoms with Crippen molar-refractivity contribution in [1.29, 1.82) is 0 Å². The number of rotatable bonds is 5. The number of benzene rings is 1. The zero-order valence-electron chi connectivity index (χ0n) is 13.7. The SMILES string of the molecule is C#Cc1cccc(N(C)CC(O)CN2CC(C)OC(C)C2)c1. The highest BCUT2D eigenvalue weighted by Gasteiger charge is 2.24. The van der Waals surface area contributed by atoms with Gasteiger partial charge in [0.05, 0.1) is 18.3 Å². The Morgan fingerprint density at radius 3 is 2.73 bits per heavy atom. The lowest BCUT2D eigenvalue weighted by Crippen LogP contribution is -2.49. The van der Waals surface area contributed by atoms with E-state index < -0.39 is 6.10 Å². The van der Waals surface area contributed by atoms with E-state index >= 15 is 0 Å². The molecule has 0 aromatic heterocycles. The smallest absolute Gasteiger partial charge is 0.0841 e. The topological polar surface area (TPSA) is 35.9 Å². The van der Waals surface area contributed by atoms with Crippen LogP contribution in [0.1, 0.15) is 19.4 Å². The molecule has 1 heterocycles. The van der Waals surface area contributed by atoms with Crippen LogP contribution in [0.2, 0.25) is 0 Å². The van der Waals surface area contributed by atoms with Gasteiger partial charge in [-0.25, -0.2) is 0 Å². The lowest BCUT2D eigenvalue weighted by Gasteiger charge is -2.36. The monoisotopic (exact) mass is 302 g/mol. The van der Waals surface area contributed by atoms with E-state index in [1.807, 2.05) is 36.2 Å². The van der Waals surface area contributed by atoms with Gasteiger partial charge in [-0.15, -0.1) is 6.42 Å². The molecule has 3 unspecified atom stereocenters. The van der Waals surface area contributed by atoms with Gasteiger partial charge in [-0.3, -0.25) is 4.90 Å². The minimum absolute atomic E-state index is 0.223. The summed E-state index contributed by atoms with van der Waals surface area (Å²) in [6, 6.07) is 7.82. The molecule has 1 aliphatic rings. The van der Waals surface area contributed by atoms with Crippen LogP contribution in [0, 0.1) is 12.3 Å². The normalized spacial score (nSPS) is 23.8. The molecule has 1 saturated heterocycles. The van der Waals surface area contributed by atoms with Gasteiger partial charge in [0.2, 0.25) is 0 Å². The maximum absolute atomic E-state index is 10.4. The number of anilines is 1. The first-order valence-electron chi connectivity index (χ1n) is 7.81. The van der Waals surface area contributed by atoms with Crippen LogP contribution < -0.4 is 4.90 Å². The van der Waals surface area contributed by atoms with Crippen molar-refractivity contribution in [1.82, 2.24) is 4.90 Å². The Balaban J connectivity index is 1.88. The summed E-state index contributed by atoms with van der Waals surface area (Å²) < 4.78 is 5.72. The number of β-amino-alcohol motifs (C(OH)–C–C–N with tert-alkyl or cyclic N) is 1. The molecule has 4 heteroatoms. The molecule has 0 spiro atoms. The summed E-state index contributed by atoms with van der Waals surface area (Å²) in [6.07, 6.45) is 5.47. The Labute approximate surface area is 133 Å². The van der Waals surface area contributed by atoms with Crippen LogP contribution in [0.4, 0.5) is 5.69 Å². The van der Waals surface area contributed by atoms with Crippen LogP contribution in [-0.4, -0.2) is 61.5 Å². The van der Waals surface area contributed by atoms with Gasteiger partial charge < -0.3 is 14.7 Å². The Kier molecular flexibility index (Phi) is 5.84. The molecule has 0 radical (unpaired) electrons. The number of morpholine rings is 1. The third-order valence-electron chi connectivity index (χ3n) is 3.90. The van der Waals surface area contributed by atoms with Gasteiger partial charge in [0, 0.05) is 44.5 Å². The van der Waals surface area contributed by atoms with Crippen molar-refractivity contribution in [3.8, 4) is 12.3 Å². The third kappa shape index (κ3) is 4.74. The Morgan fingerprint density at radius 1 is 1.41 bits per heavy atom. The molecule has 22 heavy (non-hydrogen) atoms. The summed E-state index contributed by atoms with van der Waals surface area (Å²) in [6.45, 7) is 7.14. The van der Waals surface area contributed by atoms with Crippen molar-refractivity contribution in [2.75, 3.05) is 38.1 Å². The highest BCUT2D eigenvalue weighted by molar-refractivity contribution is 5.51. The van der Waals surface area contributed by atoms with Crippen molar-refractivity contribution in [2.24, 2.45) is 0 Å². The lowest BCUT2D eigenvalue weighted by atomic mass is 10.1. The molecule has 0 bridgehead atoms. The molecular formula is C18H26N2O2. The van der Waals surface area contributed by atoms with Gasteiger partial charge in [0.15, 0.2) is 0 Å². The first kappa shape index (κ1) is 16.8. The Bertz CT molecular complexity index is 516. The van der Waals surface area contributed by atoms with Gasteiger partial charge >= 0.3 is 0 Å². The number of ether oxygens (including phenoxy) is 1. The van der Waals surface area contributed by atoms with Crippen molar-refractivity contribution in [3.05, 3.63) is 29.8 Å². The van der Waals surface area contributed by atoms with Gasteiger partial charge in [0.1, 0.15) is 0 Å². The number of likely N-dealkylation sites (N-methyl/N-ethyl adjacent to an activating group) is 1. The minimum atomic E-state index is -0.406. The standard InChI is InChI=1S/C18H26N2O2/c1-5-16-7-6-8-17(9-16)19(4)12-18(21)13-20-10-14(2)22-15(3)11-20/h1,6-9,14-15,18,21H,10-13H2,2-4H3. The second kappa shape index (κ2) is 7.64. The molecule has 1 N–H and O–H groups in total. The fourth-order valence-electron chi connectivity index (χ4n) is 3.04. The quantitative estimate of drug-likeness (QED) is 0.838. The minimum Gasteiger partial charge on any atom is -0.390 e. The summed E-state index contributed by atoms with van der Waals surface area (Å²) in [5.41, 5.74) is 1.88. The molecule has 0 amide bonds. The number of nitrogens with zero attached hydrogens (tertiary/aromatic N) is 2. The molecule has 120 valence electrons. The van der Waals surface area contributed by atoms with Crippen LogP contribution in [0.15, 0.2) is 24.3 Å². The molecule has 1 aromatic carbocycles. The number of hydrogen-bond donors (Lipinski definition) is 1. The fraction of sp³-hybridized carbons (Fsp3) is 0.556. The summed E-state index contributed by atoms with van der Waals surface area (Å²) in [5.74, 6) is 2.64. The van der Waals surface area contributed by atoms with Crippen molar-refractivity contribution >= 4 is 5.69 Å². The molecule has 0 aliphatic carbocycles. The van der Waals surface area contributed by atoms with E-state index in [9.17, 15) is 5.11 Å². The highest BCUT2D eigenvalue weighted by atomic mass is 16.5. The van der Waals surface area contributed by atoms with Crippen LogP contribution in [0.25, 0.3) is 0 Å². The van der Waals surface area contributed by atoms with E-state index in [4.69, 9.17) is 11.2 Å². The van der Waals surface area contributed by atoms with Crippen LogP contribution in [0.5, 0.6) is 0 Å². The van der Waals surface area contributed by atoms with E-state index in [0.717, 1.165) is 24.3 Å². The molecule has 1 aliphatic heterocycles. The van der Waals surface area contributed by atoms with Crippen LogP contribution >= 0.6 is 0 Å². The number of terminal acetylenes is 1. The number of aliphatic hydroxyl groups excluding tert-OH is 1. The van der Waals surface area contributed by atoms with Gasteiger partial charge in [-0.2, -0.15) is 0 Å². The fourth-order valence-corrected chi connectivity index (χ4v) is 3.04. The first-order chi connectivity index (χ1) is 10.5. The summed E-state index contributed by atoms with van der Waals surface area (Å²) in [7, 11) is 1.98. The molecule has 3 atom stereocenters. The molecule has 0 saturated carbocycles. The summed E-state index contributed by atoms with van der Waals surface area (Å²) in [4.78, 5) is 4.31. The molecule has 4 nitrogen and oxygen atoms in total. The molecule has 2 rings (SSSR count). The maximum Gasteiger partial charge on any atom is 0.0841 e. The average molecular weight is 302 g/mol. The Hall–Kier alpha value is -1.54. The van der Waals surface area contributed by atoms with E-state index in [1.165, 1.54) is 0 Å². The summed E-state index contributed by atoms with van der Waals surface area (Å²) >= 11 is 0. The average Bonchev–Trinajstić information content (AvgIpc) is 2.46. The second-order valence-corrected chi connectivity index (χ2v) is 6.20. The third-order valence-corrected chi connectivity index (χ3v) is 3.90. The zero-order valence-corrected chi connectivity index (χ0v) is 13.7. The number of aliphatic hydroxyl groups is 1. The van der Waals surface area contributed by atoms with Crippen molar-refractivity contribution in [2.45, 2.75) is 32.2 Å². The molecular weight excluding hydrogens is 276 g/mol. The van der Waals surface area contributed by atoms with E-state index in [1.54, 1.807) is 0 Å². The predicted molar refractivity (Wildman–Crippen MR) is 90.1 cm³/mol. The second-order valence-electron chi connectivity index (χ2n) is 6.20. The molecule has 1 aromatic rings. The van der Waals surface area contributed by atoms with E-state index in [-0.39, 0.29) is 12.2 Å². The van der Waals surface area contributed by atoms with Crippen LogP contribution in [0.3, 0.4) is 0 Å². The highest BCUT2D eigenvalue weighted by Crippen LogP contribution is 2.16. The number of hydrogen-bond acceptors (Lipinski definition) is 4. The molecule has 1 fully saturated rings. The predicted octanol–water partition coefficient (Wildman–Crippen LogP) is 1.57. The maximum atomic E-state index is 10.4. The van der Waals surface area contributed by atoms with Gasteiger partial charge in [-0.05, 0) is 32.0 Å². The van der Waals surface area contributed by atoms with Crippen LogP contribution in [-0.2, 0) is 4.74 Å². The largest absolute Gasteiger partial charge is 0.390 e. The Morgan fingerprint density at radius 2 is 2.09 bits per heavy atom. The first-order valence-corrected chi connectivity index (χ1v) is 7.81. The summed E-state index contributed by atoms with van der Waals surface area (Å²) in [5, 5.41) is 10.4. The van der Waals surface area contributed by atoms with E-state index in [2.05, 4.69) is 24.7 Å². The van der Waals surface area contributed by atoms with Gasteiger partial charge in [0.25, 0.3) is 0 Å². The van der Waals surface area contributed by atoms with Gasteiger partial charge in [-0.1, -0.05) is 12.0 Å². The zero-order chi connectivity index (χ0) is 16.1. The van der Waals surface area contributed by atoms with E-state index in [0.29, 0.717) is 13.1 Å².